The predicted molar refractivity (Wildman–Crippen MR) is 69.1 cm³/mol. The van der Waals surface area contributed by atoms with Crippen molar-refractivity contribution in [3.8, 4) is 5.75 Å². The average molecular weight is 231 g/mol. The van der Waals surface area contributed by atoms with Gasteiger partial charge in [0.05, 0.1) is 0 Å². The first-order valence-electron chi connectivity index (χ1n) is 6.53. The van der Waals surface area contributed by atoms with Crippen LogP contribution in [0.2, 0.25) is 0 Å². The number of phenols is 1. The van der Waals surface area contributed by atoms with Crippen molar-refractivity contribution in [3.05, 3.63) is 29.3 Å². The Morgan fingerprint density at radius 2 is 2.18 bits per heavy atom. The highest BCUT2D eigenvalue weighted by Crippen LogP contribution is 2.53. The molecule has 1 aromatic carbocycles. The average Bonchev–Trinajstić information content (AvgIpc) is 2.26. The first-order chi connectivity index (χ1) is 8.01. The van der Waals surface area contributed by atoms with E-state index < -0.39 is 0 Å². The summed E-state index contributed by atoms with van der Waals surface area (Å²) in [4.78, 5) is 2.47. The molecule has 0 spiro atoms. The third-order valence-electron chi connectivity index (χ3n) is 5.12. The molecular weight excluding hydrogens is 210 g/mol. The van der Waals surface area contributed by atoms with Crippen LogP contribution < -0.4 is 0 Å². The maximum Gasteiger partial charge on any atom is 0.115 e. The molecule has 1 N–H and O–H groups in total. The van der Waals surface area contributed by atoms with Crippen LogP contribution in [-0.4, -0.2) is 23.6 Å². The Kier molecular flexibility index (Phi) is 2.27. The van der Waals surface area contributed by atoms with Crippen molar-refractivity contribution in [2.24, 2.45) is 11.3 Å². The van der Waals surface area contributed by atoms with Crippen molar-refractivity contribution >= 4 is 0 Å². The van der Waals surface area contributed by atoms with Crippen LogP contribution in [0.4, 0.5) is 0 Å². The van der Waals surface area contributed by atoms with Crippen molar-refractivity contribution in [2.45, 2.75) is 32.7 Å². The number of aromatic hydroxyl groups is 1. The summed E-state index contributed by atoms with van der Waals surface area (Å²) in [6.45, 7) is 5.98. The van der Waals surface area contributed by atoms with Gasteiger partial charge in [0.15, 0.2) is 0 Å². The van der Waals surface area contributed by atoms with Crippen molar-refractivity contribution in [1.29, 1.82) is 0 Å². The first kappa shape index (κ1) is 11.1. The normalized spacial score (nSPS) is 36.6. The molecule has 1 heterocycles. The lowest BCUT2D eigenvalue weighted by Gasteiger charge is -2.53. The largest absolute Gasteiger partial charge is 0.508 e. The molecule has 1 aliphatic carbocycles. The SMILES string of the molecule is CC1[C@H]2c3ccc(O)cc3C[C@@]1(C)CCN2C. The van der Waals surface area contributed by atoms with E-state index >= 15 is 0 Å². The summed E-state index contributed by atoms with van der Waals surface area (Å²) in [7, 11) is 2.22. The molecule has 92 valence electrons. The van der Waals surface area contributed by atoms with E-state index in [-0.39, 0.29) is 0 Å². The Morgan fingerprint density at radius 3 is 2.94 bits per heavy atom. The fourth-order valence-electron chi connectivity index (χ4n) is 3.79. The van der Waals surface area contributed by atoms with Crippen LogP contribution in [0.5, 0.6) is 5.75 Å². The van der Waals surface area contributed by atoms with Gasteiger partial charge in [0, 0.05) is 6.04 Å². The van der Waals surface area contributed by atoms with Gasteiger partial charge in [0.25, 0.3) is 0 Å². The minimum Gasteiger partial charge on any atom is -0.508 e. The van der Waals surface area contributed by atoms with Crippen LogP contribution in [0.25, 0.3) is 0 Å². The molecule has 17 heavy (non-hydrogen) atoms. The van der Waals surface area contributed by atoms with E-state index in [1.165, 1.54) is 24.1 Å². The smallest absolute Gasteiger partial charge is 0.115 e. The zero-order valence-electron chi connectivity index (χ0n) is 10.9. The summed E-state index contributed by atoms with van der Waals surface area (Å²) >= 11 is 0. The zero-order valence-corrected chi connectivity index (χ0v) is 10.9. The quantitative estimate of drug-likeness (QED) is 0.742. The standard InChI is InChI=1S/C15H21NO/c1-10-14-13-5-4-12(17)8-11(13)9-15(10,2)6-7-16(14)3/h4-5,8,10,14,17H,6-7,9H2,1-3H3/t10?,14-,15+/m0/s1. The second-order valence-corrected chi connectivity index (χ2v) is 6.18. The summed E-state index contributed by atoms with van der Waals surface area (Å²) in [6.07, 6.45) is 2.37. The van der Waals surface area contributed by atoms with Crippen LogP contribution in [0.15, 0.2) is 18.2 Å². The molecule has 2 nitrogen and oxygen atoms in total. The molecule has 1 unspecified atom stereocenters. The van der Waals surface area contributed by atoms with E-state index in [2.05, 4.69) is 31.9 Å². The molecule has 3 atom stereocenters. The van der Waals surface area contributed by atoms with E-state index in [0.717, 1.165) is 6.42 Å². The Balaban J connectivity index is 2.15. The maximum atomic E-state index is 9.65. The molecule has 1 saturated heterocycles. The molecule has 1 aromatic rings. The first-order valence-corrected chi connectivity index (χ1v) is 6.53. The number of likely N-dealkylation sites (tertiary alicyclic amines) is 1. The van der Waals surface area contributed by atoms with Crippen LogP contribution >= 0.6 is 0 Å². The van der Waals surface area contributed by atoms with Gasteiger partial charge < -0.3 is 5.11 Å². The number of hydrogen-bond donors (Lipinski definition) is 1. The Labute approximate surface area is 103 Å². The van der Waals surface area contributed by atoms with Crippen LogP contribution in [-0.2, 0) is 6.42 Å². The summed E-state index contributed by atoms with van der Waals surface area (Å²) in [5.74, 6) is 1.10. The van der Waals surface area contributed by atoms with Crippen molar-refractivity contribution in [3.63, 3.8) is 0 Å². The number of rotatable bonds is 0. The van der Waals surface area contributed by atoms with Crippen LogP contribution in [0.3, 0.4) is 0 Å². The lowest BCUT2D eigenvalue weighted by Crippen LogP contribution is -2.49. The van der Waals surface area contributed by atoms with Crippen LogP contribution in [0.1, 0.15) is 37.4 Å². The minimum atomic E-state index is 0.401. The molecule has 0 saturated carbocycles. The lowest BCUT2D eigenvalue weighted by molar-refractivity contribution is 0.000987. The van der Waals surface area contributed by atoms with E-state index in [1.54, 1.807) is 0 Å². The fourth-order valence-corrected chi connectivity index (χ4v) is 3.79. The third kappa shape index (κ3) is 1.50. The number of benzene rings is 1. The molecule has 2 bridgehead atoms. The molecule has 0 aromatic heterocycles. The van der Waals surface area contributed by atoms with Crippen molar-refractivity contribution in [1.82, 2.24) is 4.90 Å². The molecule has 2 heteroatoms. The predicted octanol–water partition coefficient (Wildman–Crippen LogP) is 2.97. The number of piperidine rings is 1. The second kappa shape index (κ2) is 3.49. The number of phenolic OH excluding ortho intramolecular Hbond substituents is 1. The van der Waals surface area contributed by atoms with E-state index in [1.807, 2.05) is 12.1 Å². The number of hydrogen-bond acceptors (Lipinski definition) is 2. The monoisotopic (exact) mass is 231 g/mol. The molecule has 1 fully saturated rings. The summed E-state index contributed by atoms with van der Waals surface area (Å²) in [5.41, 5.74) is 3.18. The lowest BCUT2D eigenvalue weighted by atomic mass is 9.60. The van der Waals surface area contributed by atoms with E-state index in [9.17, 15) is 5.11 Å². The summed E-state index contributed by atoms with van der Waals surface area (Å²) in [5, 5.41) is 9.65. The van der Waals surface area contributed by atoms with Gasteiger partial charge in [-0.3, -0.25) is 4.90 Å². The molecule has 0 amide bonds. The van der Waals surface area contributed by atoms with Gasteiger partial charge in [-0.25, -0.2) is 0 Å². The summed E-state index contributed by atoms with van der Waals surface area (Å²) < 4.78 is 0. The van der Waals surface area contributed by atoms with Gasteiger partial charge in [0.2, 0.25) is 0 Å². The highest BCUT2D eigenvalue weighted by molar-refractivity contribution is 5.40. The molecule has 0 radical (unpaired) electrons. The zero-order chi connectivity index (χ0) is 12.2. The van der Waals surface area contributed by atoms with Gasteiger partial charge in [-0.15, -0.1) is 0 Å². The molecular formula is C15H21NO. The third-order valence-corrected chi connectivity index (χ3v) is 5.12. The van der Waals surface area contributed by atoms with Crippen molar-refractivity contribution < 1.29 is 5.11 Å². The molecule has 3 rings (SSSR count). The van der Waals surface area contributed by atoms with E-state index in [4.69, 9.17) is 0 Å². The molecule has 2 aliphatic rings. The maximum absolute atomic E-state index is 9.65. The fraction of sp³-hybridized carbons (Fsp3) is 0.600. The second-order valence-electron chi connectivity index (χ2n) is 6.18. The molecule has 1 aliphatic heterocycles. The summed E-state index contributed by atoms with van der Waals surface area (Å²) in [6, 6.07) is 6.44. The Bertz CT molecular complexity index is 456. The van der Waals surface area contributed by atoms with Gasteiger partial charge in [-0.2, -0.15) is 0 Å². The van der Waals surface area contributed by atoms with Gasteiger partial charge >= 0.3 is 0 Å². The Hall–Kier alpha value is -1.02. The van der Waals surface area contributed by atoms with E-state index in [0.29, 0.717) is 23.1 Å². The highest BCUT2D eigenvalue weighted by atomic mass is 16.3. The number of fused-ring (bicyclic) bond motifs is 4. The topological polar surface area (TPSA) is 23.5 Å². The Morgan fingerprint density at radius 1 is 1.41 bits per heavy atom. The van der Waals surface area contributed by atoms with Gasteiger partial charge in [-0.1, -0.05) is 19.9 Å². The minimum absolute atomic E-state index is 0.401. The highest BCUT2D eigenvalue weighted by Gasteiger charge is 2.46. The van der Waals surface area contributed by atoms with Gasteiger partial charge in [-0.05, 0) is 61.0 Å². The van der Waals surface area contributed by atoms with Crippen molar-refractivity contribution in [2.75, 3.05) is 13.6 Å². The van der Waals surface area contributed by atoms with Crippen LogP contribution in [0, 0.1) is 11.3 Å². The van der Waals surface area contributed by atoms with Gasteiger partial charge in [0.1, 0.15) is 5.75 Å². The number of nitrogens with zero attached hydrogens (tertiary/aromatic N) is 1.